The number of benzene rings is 1. The molecule has 6 heteroatoms. The molecule has 0 aliphatic rings. The van der Waals surface area contributed by atoms with Gasteiger partial charge in [-0.25, -0.2) is 0 Å². The van der Waals surface area contributed by atoms with Crippen molar-refractivity contribution in [2.24, 2.45) is 5.41 Å². The Hall–Kier alpha value is -1.95. The first kappa shape index (κ1) is 16.1. The summed E-state index contributed by atoms with van der Waals surface area (Å²) < 4.78 is 0. The maximum absolute atomic E-state index is 11.9. The molecule has 108 valence electrons. The minimum absolute atomic E-state index is 0.0619. The molecule has 0 radical (unpaired) electrons. The fourth-order valence-electron chi connectivity index (χ4n) is 1.33. The Morgan fingerprint density at radius 1 is 1.10 bits per heavy atom. The van der Waals surface area contributed by atoms with E-state index < -0.39 is 5.41 Å². The highest BCUT2D eigenvalue weighted by atomic mass is 32.1. The molecule has 0 saturated carbocycles. The summed E-state index contributed by atoms with van der Waals surface area (Å²) in [7, 11) is 0. The van der Waals surface area contributed by atoms with Crippen molar-refractivity contribution >= 4 is 29.1 Å². The number of rotatable bonds is 1. The summed E-state index contributed by atoms with van der Waals surface area (Å²) in [6.07, 6.45) is 0. The molecule has 5 nitrogen and oxygen atoms in total. The number of carbonyl (C=O) groups is 2. The van der Waals surface area contributed by atoms with E-state index in [0.717, 1.165) is 5.56 Å². The molecule has 0 bridgehead atoms. The number of aryl methyl sites for hydroxylation is 1. The van der Waals surface area contributed by atoms with Crippen molar-refractivity contribution in [2.45, 2.75) is 27.7 Å². The van der Waals surface area contributed by atoms with Gasteiger partial charge in [0.25, 0.3) is 5.91 Å². The zero-order valence-corrected chi connectivity index (χ0v) is 12.9. The van der Waals surface area contributed by atoms with Gasteiger partial charge in [-0.2, -0.15) is 0 Å². The van der Waals surface area contributed by atoms with Gasteiger partial charge in [0, 0.05) is 11.0 Å². The highest BCUT2D eigenvalue weighted by Gasteiger charge is 2.22. The van der Waals surface area contributed by atoms with Gasteiger partial charge >= 0.3 is 0 Å². The van der Waals surface area contributed by atoms with E-state index in [4.69, 9.17) is 12.2 Å². The molecule has 0 heterocycles. The van der Waals surface area contributed by atoms with Crippen molar-refractivity contribution in [3.05, 3.63) is 35.4 Å². The number of hydrazine groups is 1. The van der Waals surface area contributed by atoms with Crippen LogP contribution in [0.15, 0.2) is 24.3 Å². The Morgan fingerprint density at radius 2 is 1.70 bits per heavy atom. The number of hydrogen-bond donors (Lipinski definition) is 3. The molecule has 3 N–H and O–H groups in total. The standard InChI is InChI=1S/C14H19N3O2S/c1-9-7-5-6-8-10(9)11(18)16-17-13(20)15-12(19)14(2,3)4/h5-8H,1-4H3,(H,16,18)(H2,15,17,19,20). The van der Waals surface area contributed by atoms with E-state index in [0.29, 0.717) is 5.56 Å². The molecular formula is C14H19N3O2S. The van der Waals surface area contributed by atoms with E-state index in [1.54, 1.807) is 32.9 Å². The number of carbonyl (C=O) groups excluding carboxylic acids is 2. The average Bonchev–Trinajstić information content (AvgIpc) is 2.35. The molecule has 1 rings (SSSR count). The minimum Gasteiger partial charge on any atom is -0.301 e. The predicted octanol–water partition coefficient (Wildman–Crippen LogP) is 1.68. The van der Waals surface area contributed by atoms with Crippen molar-refractivity contribution in [3.8, 4) is 0 Å². The van der Waals surface area contributed by atoms with Crippen LogP contribution < -0.4 is 16.2 Å². The molecule has 0 aliphatic carbocycles. The van der Waals surface area contributed by atoms with Crippen molar-refractivity contribution in [2.75, 3.05) is 0 Å². The third-order valence-corrected chi connectivity index (χ3v) is 2.79. The summed E-state index contributed by atoms with van der Waals surface area (Å²) in [5, 5.41) is 2.57. The quantitative estimate of drug-likeness (QED) is 0.544. The van der Waals surface area contributed by atoms with Crippen molar-refractivity contribution in [1.82, 2.24) is 16.2 Å². The summed E-state index contributed by atoms with van der Waals surface area (Å²) in [6.45, 7) is 7.17. The van der Waals surface area contributed by atoms with Crippen LogP contribution in [0.25, 0.3) is 0 Å². The van der Waals surface area contributed by atoms with Gasteiger partial charge in [0.15, 0.2) is 5.11 Å². The van der Waals surface area contributed by atoms with Crippen molar-refractivity contribution < 1.29 is 9.59 Å². The molecule has 0 saturated heterocycles. The van der Waals surface area contributed by atoms with E-state index in [9.17, 15) is 9.59 Å². The van der Waals surface area contributed by atoms with Gasteiger partial charge in [0.2, 0.25) is 5.91 Å². The Bertz CT molecular complexity index is 535. The van der Waals surface area contributed by atoms with Crippen LogP contribution in [-0.2, 0) is 4.79 Å². The number of thiocarbonyl (C=S) groups is 1. The molecule has 0 atom stereocenters. The lowest BCUT2D eigenvalue weighted by atomic mass is 9.96. The zero-order chi connectivity index (χ0) is 15.3. The molecule has 2 amide bonds. The third-order valence-electron chi connectivity index (χ3n) is 2.59. The molecule has 1 aromatic rings. The largest absolute Gasteiger partial charge is 0.301 e. The first-order valence-corrected chi connectivity index (χ1v) is 6.60. The Morgan fingerprint density at radius 3 is 2.25 bits per heavy atom. The molecule has 0 aromatic heterocycles. The summed E-state index contributed by atoms with van der Waals surface area (Å²) in [5.74, 6) is -0.532. The second-order valence-corrected chi connectivity index (χ2v) is 5.84. The summed E-state index contributed by atoms with van der Waals surface area (Å²) in [5.41, 5.74) is 5.82. The van der Waals surface area contributed by atoms with Gasteiger partial charge in [-0.15, -0.1) is 0 Å². The van der Waals surface area contributed by atoms with Gasteiger partial charge in [-0.3, -0.25) is 20.4 Å². The second-order valence-electron chi connectivity index (χ2n) is 5.43. The van der Waals surface area contributed by atoms with E-state index in [2.05, 4.69) is 16.2 Å². The molecular weight excluding hydrogens is 274 g/mol. The normalized spacial score (nSPS) is 10.6. The first-order chi connectivity index (χ1) is 9.21. The average molecular weight is 293 g/mol. The van der Waals surface area contributed by atoms with Gasteiger partial charge < -0.3 is 5.32 Å². The smallest absolute Gasteiger partial charge is 0.269 e. The fraction of sp³-hybridized carbons (Fsp3) is 0.357. The molecule has 1 aromatic carbocycles. The van der Waals surface area contributed by atoms with E-state index >= 15 is 0 Å². The lowest BCUT2D eigenvalue weighted by Crippen LogP contribution is -2.50. The van der Waals surface area contributed by atoms with Gasteiger partial charge in [0.05, 0.1) is 0 Å². The number of amides is 2. The van der Waals surface area contributed by atoms with E-state index in [1.165, 1.54) is 0 Å². The molecule has 20 heavy (non-hydrogen) atoms. The van der Waals surface area contributed by atoms with Crippen LogP contribution in [0, 0.1) is 12.3 Å². The maximum atomic E-state index is 11.9. The number of nitrogens with one attached hydrogen (secondary N) is 3. The van der Waals surface area contributed by atoms with Crippen LogP contribution in [0.2, 0.25) is 0 Å². The lowest BCUT2D eigenvalue weighted by molar-refractivity contribution is -0.126. The van der Waals surface area contributed by atoms with Crippen LogP contribution >= 0.6 is 12.2 Å². The molecule has 0 spiro atoms. The monoisotopic (exact) mass is 293 g/mol. The van der Waals surface area contributed by atoms with E-state index in [-0.39, 0.29) is 16.9 Å². The highest BCUT2D eigenvalue weighted by Crippen LogP contribution is 2.12. The van der Waals surface area contributed by atoms with Gasteiger partial charge in [-0.05, 0) is 30.8 Å². The first-order valence-electron chi connectivity index (χ1n) is 6.19. The van der Waals surface area contributed by atoms with Crippen LogP contribution in [0.1, 0.15) is 36.7 Å². The Kier molecular flexibility index (Phi) is 5.21. The minimum atomic E-state index is -0.550. The van der Waals surface area contributed by atoms with Crippen molar-refractivity contribution in [1.29, 1.82) is 0 Å². The van der Waals surface area contributed by atoms with Gasteiger partial charge in [-0.1, -0.05) is 39.0 Å². The summed E-state index contributed by atoms with van der Waals surface area (Å²) >= 11 is 4.94. The maximum Gasteiger partial charge on any atom is 0.269 e. The van der Waals surface area contributed by atoms with Crippen LogP contribution in [0.4, 0.5) is 0 Å². The van der Waals surface area contributed by atoms with Crippen LogP contribution in [-0.4, -0.2) is 16.9 Å². The predicted molar refractivity (Wildman–Crippen MR) is 82.0 cm³/mol. The number of hydrogen-bond acceptors (Lipinski definition) is 3. The second kappa shape index (κ2) is 6.47. The molecule has 0 aliphatic heterocycles. The van der Waals surface area contributed by atoms with Crippen molar-refractivity contribution in [3.63, 3.8) is 0 Å². The lowest BCUT2D eigenvalue weighted by Gasteiger charge is -2.18. The SMILES string of the molecule is Cc1ccccc1C(=O)NNC(=S)NC(=O)C(C)(C)C. The Balaban J connectivity index is 2.52. The van der Waals surface area contributed by atoms with Crippen LogP contribution in [0.5, 0.6) is 0 Å². The Labute approximate surface area is 124 Å². The molecule has 0 fully saturated rings. The fourth-order valence-corrected chi connectivity index (χ4v) is 1.47. The van der Waals surface area contributed by atoms with Gasteiger partial charge in [0.1, 0.15) is 0 Å². The third kappa shape index (κ3) is 4.62. The zero-order valence-electron chi connectivity index (χ0n) is 12.0. The summed E-state index contributed by atoms with van der Waals surface area (Å²) in [4.78, 5) is 23.6. The molecule has 0 unspecified atom stereocenters. The summed E-state index contributed by atoms with van der Waals surface area (Å²) in [6, 6.07) is 7.19. The topological polar surface area (TPSA) is 70.2 Å². The highest BCUT2D eigenvalue weighted by molar-refractivity contribution is 7.80. The van der Waals surface area contributed by atoms with Crippen LogP contribution in [0.3, 0.4) is 0 Å². The van der Waals surface area contributed by atoms with E-state index in [1.807, 2.05) is 19.1 Å².